The molecule has 24 heavy (non-hydrogen) atoms. The van der Waals surface area contributed by atoms with E-state index in [0.717, 1.165) is 4.47 Å². The van der Waals surface area contributed by atoms with Gasteiger partial charge in [0.05, 0.1) is 12.2 Å². The number of halogens is 2. The molecule has 0 aliphatic rings. The maximum absolute atomic E-state index is 12.0. The molecule has 2 aromatic rings. The van der Waals surface area contributed by atoms with Gasteiger partial charge in [-0.15, -0.1) is 0 Å². The summed E-state index contributed by atoms with van der Waals surface area (Å²) in [6.45, 7) is 1.46. The number of amides is 2. The van der Waals surface area contributed by atoms with Crippen LogP contribution in [-0.2, 0) is 9.59 Å². The van der Waals surface area contributed by atoms with Crippen molar-refractivity contribution in [2.75, 3.05) is 11.9 Å². The van der Waals surface area contributed by atoms with E-state index >= 15 is 0 Å². The fourth-order valence-corrected chi connectivity index (χ4v) is 2.35. The van der Waals surface area contributed by atoms with Gasteiger partial charge in [0.25, 0.3) is 5.91 Å². The number of para-hydroxylation sites is 1. The second kappa shape index (κ2) is 8.70. The Kier molecular flexibility index (Phi) is 6.63. The number of carbonyl (C=O) groups excluding carboxylic acids is 2. The van der Waals surface area contributed by atoms with E-state index in [-0.39, 0.29) is 18.4 Å². The number of benzene rings is 2. The van der Waals surface area contributed by atoms with Crippen LogP contribution < -0.4 is 15.4 Å². The number of ether oxygens (including phenoxy) is 1. The van der Waals surface area contributed by atoms with Gasteiger partial charge in [-0.3, -0.25) is 9.59 Å². The molecule has 5 nitrogen and oxygen atoms in total. The van der Waals surface area contributed by atoms with E-state index in [4.69, 9.17) is 16.3 Å². The summed E-state index contributed by atoms with van der Waals surface area (Å²) >= 11 is 9.13. The van der Waals surface area contributed by atoms with Crippen LogP contribution in [0.5, 0.6) is 5.75 Å². The predicted octanol–water partition coefficient (Wildman–Crippen LogP) is 3.62. The van der Waals surface area contributed by atoms with Gasteiger partial charge in [0.15, 0.2) is 6.10 Å². The van der Waals surface area contributed by atoms with Crippen LogP contribution in [0.4, 0.5) is 5.69 Å². The summed E-state index contributed by atoms with van der Waals surface area (Å²) in [5.74, 6) is -0.180. The second-order valence-corrected chi connectivity index (χ2v) is 6.25. The highest BCUT2D eigenvalue weighted by molar-refractivity contribution is 9.10. The molecule has 1 atom stereocenters. The van der Waals surface area contributed by atoms with Crippen LogP contribution >= 0.6 is 27.5 Å². The Labute approximate surface area is 153 Å². The molecular weight excluding hydrogens is 396 g/mol. The van der Waals surface area contributed by atoms with Crippen LogP contribution in [0.2, 0.25) is 5.02 Å². The monoisotopic (exact) mass is 410 g/mol. The van der Waals surface area contributed by atoms with Gasteiger partial charge in [0.2, 0.25) is 5.91 Å². The first-order valence-corrected chi connectivity index (χ1v) is 8.37. The summed E-state index contributed by atoms with van der Waals surface area (Å²) < 4.78 is 6.26. The fourth-order valence-electron chi connectivity index (χ4n) is 1.84. The molecule has 2 amide bonds. The molecule has 2 rings (SSSR count). The molecule has 0 saturated heterocycles. The molecule has 2 N–H and O–H groups in total. The van der Waals surface area contributed by atoms with Gasteiger partial charge < -0.3 is 15.4 Å². The smallest absolute Gasteiger partial charge is 0.261 e. The number of anilines is 1. The van der Waals surface area contributed by atoms with Gasteiger partial charge in [-0.25, -0.2) is 0 Å². The predicted molar refractivity (Wildman–Crippen MR) is 97.3 cm³/mol. The SMILES string of the molecule is C[C@@H](Oc1ccc(Cl)cc1)C(=O)NCC(=O)Nc1ccccc1Br. The molecule has 0 spiro atoms. The summed E-state index contributed by atoms with van der Waals surface area (Å²) in [7, 11) is 0. The van der Waals surface area contributed by atoms with Crippen molar-refractivity contribution in [2.45, 2.75) is 13.0 Å². The van der Waals surface area contributed by atoms with Crippen LogP contribution in [0.3, 0.4) is 0 Å². The third-order valence-corrected chi connectivity index (χ3v) is 4.01. The largest absolute Gasteiger partial charge is 0.481 e. The van der Waals surface area contributed by atoms with Crippen molar-refractivity contribution < 1.29 is 14.3 Å². The Morgan fingerprint density at radius 2 is 1.83 bits per heavy atom. The topological polar surface area (TPSA) is 67.4 Å². The molecule has 0 heterocycles. The van der Waals surface area contributed by atoms with Crippen LogP contribution in [-0.4, -0.2) is 24.5 Å². The Morgan fingerprint density at radius 1 is 1.17 bits per heavy atom. The maximum atomic E-state index is 12.0. The zero-order valence-corrected chi connectivity index (χ0v) is 15.2. The molecule has 0 bridgehead atoms. The van der Waals surface area contributed by atoms with E-state index in [1.165, 1.54) is 0 Å². The lowest BCUT2D eigenvalue weighted by molar-refractivity contribution is -0.129. The number of rotatable bonds is 6. The fraction of sp³-hybridized carbons (Fsp3) is 0.176. The minimum atomic E-state index is -0.734. The van der Waals surface area contributed by atoms with Crippen molar-refractivity contribution in [3.63, 3.8) is 0 Å². The van der Waals surface area contributed by atoms with Crippen molar-refractivity contribution >= 4 is 45.0 Å². The van der Waals surface area contributed by atoms with Crippen LogP contribution in [0.15, 0.2) is 53.0 Å². The van der Waals surface area contributed by atoms with Gasteiger partial charge in [0, 0.05) is 9.50 Å². The molecule has 0 fully saturated rings. The molecule has 0 radical (unpaired) electrons. The van der Waals surface area contributed by atoms with Gasteiger partial charge in [0.1, 0.15) is 5.75 Å². The average molecular weight is 412 g/mol. The van der Waals surface area contributed by atoms with E-state index in [0.29, 0.717) is 16.5 Å². The van der Waals surface area contributed by atoms with E-state index in [1.54, 1.807) is 43.3 Å². The average Bonchev–Trinajstić information content (AvgIpc) is 2.57. The molecule has 2 aromatic carbocycles. The highest BCUT2D eigenvalue weighted by atomic mass is 79.9. The first-order valence-electron chi connectivity index (χ1n) is 7.20. The highest BCUT2D eigenvalue weighted by Gasteiger charge is 2.15. The second-order valence-electron chi connectivity index (χ2n) is 4.96. The molecule has 0 aliphatic carbocycles. The standard InChI is InChI=1S/C17H16BrClN2O3/c1-11(24-13-8-6-12(19)7-9-13)17(23)20-10-16(22)21-15-5-3-2-4-14(15)18/h2-9,11H,10H2,1H3,(H,20,23)(H,21,22)/t11-/m1/s1. The Morgan fingerprint density at radius 3 is 2.50 bits per heavy atom. The lowest BCUT2D eigenvalue weighted by atomic mass is 10.3. The first-order chi connectivity index (χ1) is 11.5. The molecule has 126 valence electrons. The van der Waals surface area contributed by atoms with Gasteiger partial charge in [-0.05, 0) is 59.3 Å². The summed E-state index contributed by atoms with van der Waals surface area (Å²) in [6.07, 6.45) is -0.734. The van der Waals surface area contributed by atoms with Crippen molar-refractivity contribution in [1.29, 1.82) is 0 Å². The molecule has 0 saturated carbocycles. The van der Waals surface area contributed by atoms with Crippen molar-refractivity contribution in [2.24, 2.45) is 0 Å². The van der Waals surface area contributed by atoms with Crippen molar-refractivity contribution in [3.05, 3.63) is 58.0 Å². The Bertz CT molecular complexity index is 722. The number of hydrogen-bond donors (Lipinski definition) is 2. The first kappa shape index (κ1) is 18.3. The van der Waals surface area contributed by atoms with E-state index in [1.807, 2.05) is 12.1 Å². The maximum Gasteiger partial charge on any atom is 0.261 e. The molecule has 7 heteroatoms. The number of nitrogens with one attached hydrogen (secondary N) is 2. The van der Waals surface area contributed by atoms with Gasteiger partial charge >= 0.3 is 0 Å². The minimum absolute atomic E-state index is 0.144. The van der Waals surface area contributed by atoms with Crippen LogP contribution in [0.1, 0.15) is 6.92 Å². The van der Waals surface area contributed by atoms with Crippen LogP contribution in [0, 0.1) is 0 Å². The van der Waals surface area contributed by atoms with Gasteiger partial charge in [-0.1, -0.05) is 23.7 Å². The quantitative estimate of drug-likeness (QED) is 0.763. The zero-order chi connectivity index (χ0) is 17.5. The third-order valence-electron chi connectivity index (χ3n) is 3.07. The minimum Gasteiger partial charge on any atom is -0.481 e. The van der Waals surface area contributed by atoms with Crippen molar-refractivity contribution in [1.82, 2.24) is 5.32 Å². The lowest BCUT2D eigenvalue weighted by Gasteiger charge is -2.15. The van der Waals surface area contributed by atoms with Crippen LogP contribution in [0.25, 0.3) is 0 Å². The molecule has 0 aliphatic heterocycles. The Balaban J connectivity index is 1.80. The molecular formula is C17H16BrClN2O3. The highest BCUT2D eigenvalue weighted by Crippen LogP contribution is 2.21. The summed E-state index contributed by atoms with van der Waals surface area (Å²) in [6, 6.07) is 13.9. The lowest BCUT2D eigenvalue weighted by Crippen LogP contribution is -2.40. The Hall–Kier alpha value is -2.05. The van der Waals surface area contributed by atoms with Crippen molar-refractivity contribution in [3.8, 4) is 5.75 Å². The molecule has 0 aromatic heterocycles. The zero-order valence-electron chi connectivity index (χ0n) is 12.9. The summed E-state index contributed by atoms with van der Waals surface area (Å²) in [5, 5.41) is 5.83. The number of carbonyl (C=O) groups is 2. The van der Waals surface area contributed by atoms with Gasteiger partial charge in [-0.2, -0.15) is 0 Å². The van der Waals surface area contributed by atoms with E-state index < -0.39 is 6.10 Å². The number of hydrogen-bond acceptors (Lipinski definition) is 3. The molecule has 0 unspecified atom stereocenters. The third kappa shape index (κ3) is 5.54. The van der Waals surface area contributed by atoms with E-state index in [9.17, 15) is 9.59 Å². The normalized spacial score (nSPS) is 11.5. The summed E-state index contributed by atoms with van der Waals surface area (Å²) in [4.78, 5) is 23.9. The van der Waals surface area contributed by atoms with E-state index in [2.05, 4.69) is 26.6 Å². The summed E-state index contributed by atoms with van der Waals surface area (Å²) in [5.41, 5.74) is 0.641.